The van der Waals surface area contributed by atoms with E-state index in [4.69, 9.17) is 9.47 Å². The second kappa shape index (κ2) is 62.6. The van der Waals surface area contributed by atoms with Gasteiger partial charge in [-0.15, -0.1) is 0 Å². The van der Waals surface area contributed by atoms with Crippen molar-refractivity contribution in [3.05, 3.63) is 122 Å². The predicted octanol–water partition coefficient (Wildman–Crippen LogP) is 21.0. The van der Waals surface area contributed by atoms with E-state index in [2.05, 4.69) is 135 Å². The normalized spacial score (nSPS) is 13.1. The first kappa shape index (κ1) is 69.3. The smallest absolute Gasteiger partial charge is 0.306 e. The second-order valence-corrected chi connectivity index (χ2v) is 20.1. The topological polar surface area (TPSA) is 72.8 Å². The Hall–Kier alpha value is -3.70. The van der Waals surface area contributed by atoms with Gasteiger partial charge in [-0.3, -0.25) is 9.59 Å². The molecule has 0 saturated heterocycles. The third-order valence-corrected chi connectivity index (χ3v) is 13.0. The minimum Gasteiger partial charge on any atom is -0.462 e. The minimum absolute atomic E-state index is 0.0879. The Bertz CT molecular complexity index is 1470. The molecule has 0 heterocycles. The van der Waals surface area contributed by atoms with Gasteiger partial charge >= 0.3 is 11.9 Å². The number of aliphatic hydroxyl groups excluding tert-OH is 1. The number of aliphatic hydroxyl groups is 1. The molecule has 1 N–H and O–H groups in total. The molecular weight excluding hydrogens is 897 g/mol. The molecule has 0 rings (SSSR count). The lowest BCUT2D eigenvalue weighted by atomic mass is 10.0. The lowest BCUT2D eigenvalue weighted by Gasteiger charge is -2.15. The van der Waals surface area contributed by atoms with Crippen LogP contribution in [0.1, 0.15) is 277 Å². The van der Waals surface area contributed by atoms with Crippen molar-refractivity contribution in [3.8, 4) is 0 Å². The van der Waals surface area contributed by atoms with Crippen molar-refractivity contribution < 1.29 is 24.2 Å². The number of esters is 2. The Balaban J connectivity index is 3.61. The molecule has 73 heavy (non-hydrogen) atoms. The largest absolute Gasteiger partial charge is 0.462 e. The number of hydrogen-bond acceptors (Lipinski definition) is 5. The van der Waals surface area contributed by atoms with E-state index in [1.54, 1.807) is 0 Å². The summed E-state index contributed by atoms with van der Waals surface area (Å²) in [6, 6.07) is 0. The third-order valence-electron chi connectivity index (χ3n) is 13.0. The zero-order valence-corrected chi connectivity index (χ0v) is 47.6. The number of hydrogen-bond donors (Lipinski definition) is 1. The molecule has 416 valence electrons. The van der Waals surface area contributed by atoms with Crippen LogP contribution in [0.15, 0.2) is 122 Å². The van der Waals surface area contributed by atoms with Gasteiger partial charge in [-0.2, -0.15) is 0 Å². The lowest BCUT2D eigenvalue weighted by Crippen LogP contribution is -2.28. The Kier molecular flexibility index (Phi) is 59.4. The van der Waals surface area contributed by atoms with Gasteiger partial charge in [0.25, 0.3) is 0 Å². The van der Waals surface area contributed by atoms with Crippen molar-refractivity contribution in [1.29, 1.82) is 0 Å². The fourth-order valence-corrected chi connectivity index (χ4v) is 8.47. The average Bonchev–Trinajstić information content (AvgIpc) is 3.39. The summed E-state index contributed by atoms with van der Waals surface area (Å²) < 4.78 is 10.7. The highest BCUT2D eigenvalue weighted by molar-refractivity contribution is 5.70. The average molecular weight is 1010 g/mol. The number of unbranched alkanes of at least 4 members (excludes halogenated alkanes) is 27. The van der Waals surface area contributed by atoms with Crippen molar-refractivity contribution in [3.63, 3.8) is 0 Å². The molecule has 0 aliphatic heterocycles. The van der Waals surface area contributed by atoms with Crippen LogP contribution < -0.4 is 0 Å². The monoisotopic (exact) mass is 1010 g/mol. The summed E-state index contributed by atoms with van der Waals surface area (Å²) in [7, 11) is 0. The van der Waals surface area contributed by atoms with Gasteiger partial charge in [0.2, 0.25) is 0 Å². The zero-order chi connectivity index (χ0) is 52.7. The van der Waals surface area contributed by atoms with E-state index in [1.807, 2.05) is 0 Å². The maximum absolute atomic E-state index is 12.3. The molecule has 0 aromatic rings. The van der Waals surface area contributed by atoms with Gasteiger partial charge in [-0.25, -0.2) is 0 Å². The van der Waals surface area contributed by atoms with E-state index in [0.29, 0.717) is 12.8 Å². The van der Waals surface area contributed by atoms with E-state index >= 15 is 0 Å². The van der Waals surface area contributed by atoms with Gasteiger partial charge in [0, 0.05) is 12.8 Å². The molecule has 0 amide bonds. The molecule has 0 radical (unpaired) electrons. The van der Waals surface area contributed by atoms with E-state index in [0.717, 1.165) is 103 Å². The molecule has 0 fully saturated rings. The number of carbonyl (C=O) groups is 2. The molecule has 0 aromatic heterocycles. The van der Waals surface area contributed by atoms with Crippen LogP contribution in [0.2, 0.25) is 0 Å². The van der Waals surface area contributed by atoms with Crippen molar-refractivity contribution in [2.75, 3.05) is 13.2 Å². The fraction of sp³-hybridized carbons (Fsp3) is 0.676. The Morgan fingerprint density at radius 2 is 0.589 bits per heavy atom. The molecule has 5 heteroatoms. The van der Waals surface area contributed by atoms with Gasteiger partial charge in [-0.05, 0) is 89.9 Å². The van der Waals surface area contributed by atoms with Gasteiger partial charge < -0.3 is 14.6 Å². The predicted molar refractivity (Wildman–Crippen MR) is 320 cm³/mol. The Morgan fingerprint density at radius 3 is 0.890 bits per heavy atom. The first-order valence-electron chi connectivity index (χ1n) is 30.6. The Morgan fingerprint density at radius 1 is 0.329 bits per heavy atom. The van der Waals surface area contributed by atoms with Crippen molar-refractivity contribution in [2.24, 2.45) is 0 Å². The third kappa shape index (κ3) is 60.7. The zero-order valence-electron chi connectivity index (χ0n) is 47.6. The summed E-state index contributed by atoms with van der Waals surface area (Å²) >= 11 is 0. The van der Waals surface area contributed by atoms with Crippen molar-refractivity contribution >= 4 is 11.9 Å². The maximum atomic E-state index is 12.3. The van der Waals surface area contributed by atoms with Crippen molar-refractivity contribution in [1.82, 2.24) is 0 Å². The van der Waals surface area contributed by atoms with E-state index in [9.17, 15) is 14.7 Å². The van der Waals surface area contributed by atoms with Crippen LogP contribution in [-0.2, 0) is 19.1 Å². The summed E-state index contributed by atoms with van der Waals surface area (Å²) in [4.78, 5) is 24.6. The van der Waals surface area contributed by atoms with Crippen LogP contribution in [0.5, 0.6) is 0 Å². The van der Waals surface area contributed by atoms with E-state index in [1.165, 1.54) is 148 Å². The highest BCUT2D eigenvalue weighted by Crippen LogP contribution is 2.17. The van der Waals surface area contributed by atoms with Gasteiger partial charge in [0.1, 0.15) is 6.61 Å². The fourth-order valence-electron chi connectivity index (χ4n) is 8.47. The quantitative estimate of drug-likeness (QED) is 0.0373. The van der Waals surface area contributed by atoms with Gasteiger partial charge in [0.15, 0.2) is 6.10 Å². The summed E-state index contributed by atoms with van der Waals surface area (Å²) in [5.41, 5.74) is 0. The molecule has 0 aromatic carbocycles. The number of ether oxygens (including phenoxy) is 2. The summed E-state index contributed by atoms with van der Waals surface area (Å²) in [5, 5.41) is 9.66. The van der Waals surface area contributed by atoms with Crippen LogP contribution in [0.4, 0.5) is 0 Å². The molecule has 5 nitrogen and oxygen atoms in total. The van der Waals surface area contributed by atoms with E-state index < -0.39 is 6.10 Å². The second-order valence-electron chi connectivity index (χ2n) is 20.1. The van der Waals surface area contributed by atoms with Gasteiger partial charge in [-0.1, -0.05) is 296 Å². The lowest BCUT2D eigenvalue weighted by molar-refractivity contribution is -0.161. The Labute approximate surface area is 452 Å². The SMILES string of the molecule is CC/C=C\C/C=C\C/C=C\C/C=C\C/C=C\C/C=C\C/C=C\C/C=C\C/C=C\C/C=C\CCCCC(=O)OC(CO)COC(=O)CCCCCCCCCCCCCCCCCCCCCCCCCCCC. The molecule has 0 saturated carbocycles. The molecule has 0 spiro atoms. The molecule has 0 aliphatic carbocycles. The maximum Gasteiger partial charge on any atom is 0.306 e. The highest BCUT2D eigenvalue weighted by atomic mass is 16.6. The molecule has 1 atom stereocenters. The summed E-state index contributed by atoms with van der Waals surface area (Å²) in [5.74, 6) is -0.640. The van der Waals surface area contributed by atoms with Crippen LogP contribution >= 0.6 is 0 Å². The van der Waals surface area contributed by atoms with Crippen LogP contribution in [-0.4, -0.2) is 36.4 Å². The standard InChI is InChI=1S/C68H114O5/c1-3-5-7-9-11-13-15-17-19-21-23-25-27-29-31-32-33-34-35-36-37-39-41-43-45-47-49-51-53-55-57-59-61-63-68(71)73-66(64-69)65-72-67(70)62-60-58-56-54-52-50-48-46-44-42-40-38-30-28-26-24-22-20-18-16-14-12-10-8-6-4-2/h5,7,11,13,17,19,23,25,29,31,33-34,36-37,41,43,47,49,53,55,66,69H,3-4,6,8-10,12,14-16,18,20-22,24,26-28,30,32,35,38-40,42,44-46,48,50-52,54,56-65H2,1-2H3/b7-5-,13-11-,19-17-,25-23-,31-29-,34-33-,37-36-,43-41-,49-47-,55-53-. The van der Waals surface area contributed by atoms with Gasteiger partial charge in [0.05, 0.1) is 6.61 Å². The van der Waals surface area contributed by atoms with Crippen molar-refractivity contribution in [2.45, 2.75) is 283 Å². The first-order valence-corrected chi connectivity index (χ1v) is 30.6. The molecule has 0 bridgehead atoms. The summed E-state index contributed by atoms with van der Waals surface area (Å²) in [6.07, 6.45) is 91.9. The first-order chi connectivity index (χ1) is 36.1. The molecular formula is C68H114O5. The molecule has 1 unspecified atom stereocenters. The van der Waals surface area contributed by atoms with E-state index in [-0.39, 0.29) is 25.2 Å². The number of rotatable bonds is 55. The molecule has 0 aliphatic rings. The number of carbonyl (C=O) groups excluding carboxylic acids is 2. The van der Waals surface area contributed by atoms with Crippen LogP contribution in [0, 0.1) is 0 Å². The number of allylic oxidation sites excluding steroid dienone is 20. The highest BCUT2D eigenvalue weighted by Gasteiger charge is 2.16. The van der Waals surface area contributed by atoms with Crippen LogP contribution in [0.25, 0.3) is 0 Å². The summed E-state index contributed by atoms with van der Waals surface area (Å²) in [6.45, 7) is 4.01. The van der Waals surface area contributed by atoms with Crippen LogP contribution in [0.3, 0.4) is 0 Å². The minimum atomic E-state index is -0.803.